The van der Waals surface area contributed by atoms with Crippen LogP contribution in [0.2, 0.25) is 0 Å². The van der Waals surface area contributed by atoms with Crippen molar-refractivity contribution in [1.29, 1.82) is 0 Å². The SMILES string of the molecule is CC1(O)O[C@H](CO)[C@@H](OP(=O)(O)O)[C@H](OP(=O)(O)O)[C@@H]1OP(=O)(O)O. The maximum Gasteiger partial charge on any atom is 0.470 e. The van der Waals surface area contributed by atoms with Crippen molar-refractivity contribution in [3.05, 3.63) is 0 Å². The minimum Gasteiger partial charge on any atom is -0.394 e. The number of rotatable bonds is 7. The monoisotopic (exact) mass is 434 g/mol. The van der Waals surface area contributed by atoms with Crippen LogP contribution in [-0.4, -0.2) is 76.4 Å². The lowest BCUT2D eigenvalue weighted by molar-refractivity contribution is -0.332. The minimum atomic E-state index is -5.45. The standard InChI is InChI=1S/C7H17O15P3/c1-7(9)6(22-25(16,17)18)5(21-24(13,14)15)4(3(2-8)19-7)20-23(10,11)12/h3-6,8-9H,2H2,1H3,(H2,10,11,12)(H2,13,14,15)(H2,16,17,18)/t3-,4-,5+,6+,7?/m1/s1. The first-order valence-corrected chi connectivity index (χ1v) is 10.8. The van der Waals surface area contributed by atoms with Crippen molar-refractivity contribution in [2.24, 2.45) is 0 Å². The van der Waals surface area contributed by atoms with Crippen LogP contribution in [-0.2, 0) is 32.0 Å². The van der Waals surface area contributed by atoms with Gasteiger partial charge in [-0.3, -0.25) is 13.6 Å². The molecule has 15 nitrogen and oxygen atoms in total. The molecule has 0 radical (unpaired) electrons. The van der Waals surface area contributed by atoms with Gasteiger partial charge >= 0.3 is 23.5 Å². The second-order valence-corrected chi connectivity index (χ2v) is 8.61. The molecule has 1 aliphatic heterocycles. The Labute approximate surface area is 139 Å². The third-order valence-corrected chi connectivity index (χ3v) is 4.39. The van der Waals surface area contributed by atoms with Crippen molar-refractivity contribution in [1.82, 2.24) is 0 Å². The number of hydrogen-bond donors (Lipinski definition) is 8. The highest BCUT2D eigenvalue weighted by atomic mass is 31.2. The summed E-state index contributed by atoms with van der Waals surface area (Å²) in [6.07, 6.45) is -8.73. The predicted molar refractivity (Wildman–Crippen MR) is 73.3 cm³/mol. The average Bonchev–Trinajstić information content (AvgIpc) is 2.33. The van der Waals surface area contributed by atoms with Crippen molar-refractivity contribution in [2.75, 3.05) is 6.61 Å². The number of ether oxygens (including phenoxy) is 1. The summed E-state index contributed by atoms with van der Waals surface area (Å²) < 4.78 is 50.7. The van der Waals surface area contributed by atoms with Crippen molar-refractivity contribution >= 4 is 23.5 Å². The van der Waals surface area contributed by atoms with Crippen LogP contribution in [0.5, 0.6) is 0 Å². The summed E-state index contributed by atoms with van der Waals surface area (Å²) in [5.41, 5.74) is 0. The summed E-state index contributed by atoms with van der Waals surface area (Å²) in [7, 11) is -16.2. The molecule has 25 heavy (non-hydrogen) atoms. The highest BCUT2D eigenvalue weighted by molar-refractivity contribution is 7.47. The van der Waals surface area contributed by atoms with Gasteiger partial charge in [0.25, 0.3) is 0 Å². The second-order valence-electron chi connectivity index (χ2n) is 5.03. The quantitative estimate of drug-likeness (QED) is 0.193. The Hall–Kier alpha value is 0.210. The molecule has 0 aromatic heterocycles. The molecule has 1 saturated heterocycles. The summed E-state index contributed by atoms with van der Waals surface area (Å²) in [5, 5.41) is 19.3. The van der Waals surface area contributed by atoms with Crippen LogP contribution in [0, 0.1) is 0 Å². The van der Waals surface area contributed by atoms with Crippen LogP contribution in [0.4, 0.5) is 0 Å². The van der Waals surface area contributed by atoms with E-state index >= 15 is 0 Å². The Bertz CT molecular complexity index is 600. The topological polar surface area (TPSA) is 250 Å². The summed E-state index contributed by atoms with van der Waals surface area (Å²) >= 11 is 0. The first-order chi connectivity index (χ1) is 11.0. The van der Waals surface area contributed by atoms with Crippen LogP contribution in [0.15, 0.2) is 0 Å². The van der Waals surface area contributed by atoms with Crippen LogP contribution < -0.4 is 0 Å². The highest BCUT2D eigenvalue weighted by Crippen LogP contribution is 2.51. The van der Waals surface area contributed by atoms with E-state index in [1.165, 1.54) is 0 Å². The third kappa shape index (κ3) is 7.39. The maximum atomic E-state index is 11.1. The Morgan fingerprint density at radius 1 is 0.880 bits per heavy atom. The van der Waals surface area contributed by atoms with E-state index < -0.39 is 60.3 Å². The van der Waals surface area contributed by atoms with Gasteiger partial charge in [-0.25, -0.2) is 13.7 Å². The lowest BCUT2D eigenvalue weighted by atomic mass is 9.94. The lowest BCUT2D eigenvalue weighted by Crippen LogP contribution is -2.65. The fourth-order valence-electron chi connectivity index (χ4n) is 2.14. The molecule has 0 amide bonds. The molecule has 150 valence electrons. The Morgan fingerprint density at radius 3 is 1.64 bits per heavy atom. The van der Waals surface area contributed by atoms with Gasteiger partial charge in [0, 0.05) is 0 Å². The summed E-state index contributed by atoms with van der Waals surface area (Å²) in [6, 6.07) is 0. The molecule has 1 fully saturated rings. The van der Waals surface area contributed by atoms with Gasteiger partial charge in [0.05, 0.1) is 6.61 Å². The summed E-state index contributed by atoms with van der Waals surface area (Å²) in [4.78, 5) is 53.4. The minimum absolute atomic E-state index is 0.750. The number of aliphatic hydroxyl groups excluding tert-OH is 1. The van der Waals surface area contributed by atoms with Gasteiger partial charge in [-0.1, -0.05) is 0 Å². The van der Waals surface area contributed by atoms with Crippen LogP contribution >= 0.6 is 23.5 Å². The van der Waals surface area contributed by atoms with E-state index in [0.717, 1.165) is 6.92 Å². The Kier molecular flexibility index (Phi) is 7.14. The molecule has 0 aromatic rings. The van der Waals surface area contributed by atoms with Gasteiger partial charge in [0.2, 0.25) is 0 Å². The first-order valence-electron chi connectivity index (χ1n) is 6.18. The average molecular weight is 434 g/mol. The molecular weight excluding hydrogens is 417 g/mol. The molecule has 0 aliphatic carbocycles. The molecule has 1 rings (SSSR count). The van der Waals surface area contributed by atoms with E-state index in [2.05, 4.69) is 13.6 Å². The van der Waals surface area contributed by atoms with Crippen LogP contribution in [0.25, 0.3) is 0 Å². The fourth-order valence-corrected chi connectivity index (χ4v) is 3.87. The number of phosphoric acid groups is 3. The molecule has 8 N–H and O–H groups in total. The lowest BCUT2D eigenvalue weighted by Gasteiger charge is -2.47. The van der Waals surface area contributed by atoms with Gasteiger partial charge in [0.15, 0.2) is 11.9 Å². The van der Waals surface area contributed by atoms with Gasteiger partial charge in [0.1, 0.15) is 18.3 Å². The predicted octanol–water partition coefficient (Wildman–Crippen LogP) is -2.48. The van der Waals surface area contributed by atoms with Gasteiger partial charge in [-0.15, -0.1) is 0 Å². The number of hydrogen-bond acceptors (Lipinski definition) is 9. The Balaban J connectivity index is 3.40. The summed E-state index contributed by atoms with van der Waals surface area (Å²) in [5.74, 6) is -2.71. The molecular formula is C7H17O15P3. The van der Waals surface area contributed by atoms with E-state index in [0.29, 0.717) is 0 Å². The van der Waals surface area contributed by atoms with Crippen molar-refractivity contribution < 1.29 is 71.6 Å². The first kappa shape index (κ1) is 23.2. The van der Waals surface area contributed by atoms with Gasteiger partial charge in [-0.2, -0.15) is 0 Å². The molecule has 18 heteroatoms. The van der Waals surface area contributed by atoms with E-state index in [-0.39, 0.29) is 0 Å². The van der Waals surface area contributed by atoms with E-state index in [1.807, 2.05) is 0 Å². The van der Waals surface area contributed by atoms with Crippen molar-refractivity contribution in [3.63, 3.8) is 0 Å². The fraction of sp³-hybridized carbons (Fsp3) is 1.00. The van der Waals surface area contributed by atoms with Gasteiger partial charge in [-0.05, 0) is 6.92 Å². The van der Waals surface area contributed by atoms with E-state index in [9.17, 15) is 23.9 Å². The number of aliphatic hydroxyl groups is 2. The molecule has 1 aliphatic rings. The van der Waals surface area contributed by atoms with E-state index in [1.54, 1.807) is 0 Å². The van der Waals surface area contributed by atoms with Crippen molar-refractivity contribution in [2.45, 2.75) is 37.1 Å². The van der Waals surface area contributed by atoms with Crippen LogP contribution in [0.3, 0.4) is 0 Å². The molecule has 0 bridgehead atoms. The molecule has 0 aromatic carbocycles. The van der Waals surface area contributed by atoms with Gasteiger partial charge < -0.3 is 44.3 Å². The van der Waals surface area contributed by atoms with Crippen molar-refractivity contribution in [3.8, 4) is 0 Å². The summed E-state index contributed by atoms with van der Waals surface area (Å²) in [6.45, 7) is -0.329. The zero-order valence-electron chi connectivity index (χ0n) is 12.3. The second kappa shape index (κ2) is 7.68. The van der Waals surface area contributed by atoms with Crippen LogP contribution in [0.1, 0.15) is 6.92 Å². The smallest absolute Gasteiger partial charge is 0.394 e. The Morgan fingerprint density at radius 2 is 1.28 bits per heavy atom. The molecule has 5 atom stereocenters. The zero-order chi connectivity index (χ0) is 19.8. The number of phosphoric ester groups is 3. The maximum absolute atomic E-state index is 11.1. The van der Waals surface area contributed by atoms with E-state index in [4.69, 9.17) is 34.1 Å². The largest absolute Gasteiger partial charge is 0.470 e. The highest BCUT2D eigenvalue weighted by Gasteiger charge is 2.58. The molecule has 1 heterocycles. The molecule has 0 spiro atoms. The zero-order valence-corrected chi connectivity index (χ0v) is 15.0. The normalized spacial score (nSPS) is 34.9. The third-order valence-electron chi connectivity index (χ3n) is 2.86. The molecule has 0 saturated carbocycles. The molecule has 1 unspecified atom stereocenters.